The molecule has 0 fully saturated rings. The van der Waals surface area contributed by atoms with E-state index in [2.05, 4.69) is 24.7 Å². The van der Waals surface area contributed by atoms with Crippen molar-refractivity contribution in [2.24, 2.45) is 4.99 Å². The molecule has 0 aromatic heterocycles. The zero-order valence-electron chi connectivity index (χ0n) is 8.88. The monoisotopic (exact) mass is 177 g/mol. The number of aliphatic imine (C=N–C) groups is 1. The standard InChI is InChI=1S/C10H13N.C2H6/c1-5-9(6-2)10(7-3)11-8-4;1-2/h5-8H,1,3-4H2,2H3;1-2H3/b9-6-,11-10?;. The lowest BCUT2D eigenvalue weighted by atomic mass is 10.1. The van der Waals surface area contributed by atoms with Crippen LogP contribution in [0, 0.1) is 0 Å². The topological polar surface area (TPSA) is 12.4 Å². The number of hydrogen-bond donors (Lipinski definition) is 0. The summed E-state index contributed by atoms with van der Waals surface area (Å²) in [5.74, 6) is 0. The van der Waals surface area contributed by atoms with Crippen LogP contribution >= 0.6 is 0 Å². The molecule has 0 radical (unpaired) electrons. The Morgan fingerprint density at radius 1 is 1.08 bits per heavy atom. The summed E-state index contributed by atoms with van der Waals surface area (Å²) >= 11 is 0. The molecule has 1 nitrogen and oxygen atoms in total. The van der Waals surface area contributed by atoms with Crippen molar-refractivity contribution in [3.63, 3.8) is 0 Å². The van der Waals surface area contributed by atoms with Gasteiger partial charge in [-0.15, -0.1) is 0 Å². The van der Waals surface area contributed by atoms with Crippen molar-refractivity contribution in [2.75, 3.05) is 0 Å². The smallest absolute Gasteiger partial charge is 0.0692 e. The molecule has 72 valence electrons. The minimum absolute atomic E-state index is 0.803. The Balaban J connectivity index is 0. The molecule has 0 N–H and O–H groups in total. The van der Waals surface area contributed by atoms with Crippen LogP contribution in [0.25, 0.3) is 0 Å². The van der Waals surface area contributed by atoms with Crippen molar-refractivity contribution in [3.8, 4) is 0 Å². The molecule has 0 aliphatic rings. The summed E-state index contributed by atoms with van der Waals surface area (Å²) in [4.78, 5) is 4.01. The first-order chi connectivity index (χ1) is 6.29. The summed E-state index contributed by atoms with van der Waals surface area (Å²) in [5.41, 5.74) is 1.78. The molecule has 0 aliphatic heterocycles. The highest BCUT2D eigenvalue weighted by Crippen LogP contribution is 2.00. The Kier molecular flexibility index (Phi) is 11.6. The van der Waals surface area contributed by atoms with Crippen LogP contribution in [0.3, 0.4) is 0 Å². The number of hydrogen-bond acceptors (Lipinski definition) is 1. The molecule has 13 heavy (non-hydrogen) atoms. The molecule has 0 aromatic rings. The third-order valence-corrected chi connectivity index (χ3v) is 1.25. The van der Waals surface area contributed by atoms with Crippen molar-refractivity contribution >= 4 is 5.71 Å². The van der Waals surface area contributed by atoms with Crippen molar-refractivity contribution in [1.29, 1.82) is 0 Å². The maximum atomic E-state index is 4.01. The second-order valence-electron chi connectivity index (χ2n) is 1.85. The molecule has 1 heteroatoms. The van der Waals surface area contributed by atoms with Gasteiger partial charge in [0.2, 0.25) is 0 Å². The van der Waals surface area contributed by atoms with Gasteiger partial charge < -0.3 is 0 Å². The predicted octanol–water partition coefficient (Wildman–Crippen LogP) is 3.92. The average molecular weight is 177 g/mol. The molecule has 0 heterocycles. The quantitative estimate of drug-likeness (QED) is 0.456. The highest BCUT2D eigenvalue weighted by molar-refractivity contribution is 6.10. The van der Waals surface area contributed by atoms with Gasteiger partial charge in [0.1, 0.15) is 0 Å². The molecule has 0 rings (SSSR count). The number of nitrogens with zero attached hydrogens (tertiary/aromatic N) is 1. The molecule has 0 atom stereocenters. The van der Waals surface area contributed by atoms with Crippen LogP contribution in [0.4, 0.5) is 0 Å². The summed E-state index contributed by atoms with van der Waals surface area (Å²) in [6.07, 6.45) is 6.84. The van der Waals surface area contributed by atoms with Gasteiger partial charge in [-0.05, 0) is 18.6 Å². The van der Waals surface area contributed by atoms with Gasteiger partial charge >= 0.3 is 0 Å². The van der Waals surface area contributed by atoms with E-state index in [0.717, 1.165) is 11.3 Å². The lowest BCUT2D eigenvalue weighted by Gasteiger charge is -1.97. The SMILES string of the molecule is C=CN=C(C=C)/C(C=C)=C\C.CC. The van der Waals surface area contributed by atoms with Gasteiger partial charge in [0, 0.05) is 6.20 Å². The van der Waals surface area contributed by atoms with E-state index in [0.29, 0.717) is 0 Å². The minimum atomic E-state index is 0.803. The third-order valence-electron chi connectivity index (χ3n) is 1.25. The zero-order valence-corrected chi connectivity index (χ0v) is 8.88. The fraction of sp³-hybridized carbons (Fsp3) is 0.250. The van der Waals surface area contributed by atoms with E-state index in [1.165, 1.54) is 6.20 Å². The second kappa shape index (κ2) is 10.6. The summed E-state index contributed by atoms with van der Waals surface area (Å²) in [7, 11) is 0. The fourth-order valence-electron chi connectivity index (χ4n) is 0.714. The molecule has 0 spiro atoms. The number of allylic oxidation sites excluding steroid dienone is 4. The summed E-state index contributed by atoms with van der Waals surface area (Å²) in [5, 5.41) is 0. The van der Waals surface area contributed by atoms with E-state index in [1.54, 1.807) is 12.2 Å². The van der Waals surface area contributed by atoms with E-state index >= 15 is 0 Å². The Hall–Kier alpha value is -1.37. The maximum absolute atomic E-state index is 4.01. The summed E-state index contributed by atoms with van der Waals surface area (Å²) < 4.78 is 0. The van der Waals surface area contributed by atoms with Crippen LogP contribution in [0.2, 0.25) is 0 Å². The molecular weight excluding hydrogens is 158 g/mol. The van der Waals surface area contributed by atoms with Gasteiger partial charge in [-0.25, -0.2) is 0 Å². The fourth-order valence-corrected chi connectivity index (χ4v) is 0.714. The van der Waals surface area contributed by atoms with E-state index in [1.807, 2.05) is 26.8 Å². The van der Waals surface area contributed by atoms with Gasteiger partial charge in [0.05, 0.1) is 5.71 Å². The Morgan fingerprint density at radius 3 is 1.85 bits per heavy atom. The predicted molar refractivity (Wildman–Crippen MR) is 63.1 cm³/mol. The highest BCUT2D eigenvalue weighted by Gasteiger charge is 1.94. The van der Waals surface area contributed by atoms with Gasteiger partial charge in [-0.1, -0.05) is 45.7 Å². The first-order valence-corrected chi connectivity index (χ1v) is 4.40. The van der Waals surface area contributed by atoms with Crippen LogP contribution in [0.5, 0.6) is 0 Å². The van der Waals surface area contributed by atoms with Crippen molar-refractivity contribution in [1.82, 2.24) is 0 Å². The van der Waals surface area contributed by atoms with Gasteiger partial charge in [-0.3, -0.25) is 4.99 Å². The van der Waals surface area contributed by atoms with Crippen LogP contribution < -0.4 is 0 Å². The molecule has 0 aromatic carbocycles. The molecule has 0 aliphatic carbocycles. The zero-order chi connectivity index (χ0) is 10.7. The maximum Gasteiger partial charge on any atom is 0.0692 e. The normalized spacial score (nSPS) is 11.0. The highest BCUT2D eigenvalue weighted by atomic mass is 14.7. The van der Waals surface area contributed by atoms with Gasteiger partial charge in [-0.2, -0.15) is 0 Å². The largest absolute Gasteiger partial charge is 0.257 e. The van der Waals surface area contributed by atoms with Crippen LogP contribution in [-0.4, -0.2) is 5.71 Å². The van der Waals surface area contributed by atoms with Gasteiger partial charge in [0.15, 0.2) is 0 Å². The Morgan fingerprint density at radius 2 is 1.62 bits per heavy atom. The van der Waals surface area contributed by atoms with Crippen LogP contribution in [0.15, 0.2) is 54.7 Å². The van der Waals surface area contributed by atoms with E-state index in [9.17, 15) is 0 Å². The third kappa shape index (κ3) is 5.85. The Bertz CT molecular complexity index is 219. The van der Waals surface area contributed by atoms with E-state index in [4.69, 9.17) is 0 Å². The average Bonchev–Trinajstić information content (AvgIpc) is 2.21. The summed E-state index contributed by atoms with van der Waals surface area (Å²) in [6.45, 7) is 16.7. The Labute approximate surface area is 81.9 Å². The van der Waals surface area contributed by atoms with Crippen LogP contribution in [0.1, 0.15) is 20.8 Å². The minimum Gasteiger partial charge on any atom is -0.257 e. The van der Waals surface area contributed by atoms with Crippen molar-refractivity contribution in [3.05, 3.63) is 49.7 Å². The molecule has 0 amide bonds. The van der Waals surface area contributed by atoms with Crippen molar-refractivity contribution in [2.45, 2.75) is 20.8 Å². The first kappa shape index (κ1) is 14.2. The lowest BCUT2D eigenvalue weighted by molar-refractivity contribution is 1.50. The van der Waals surface area contributed by atoms with E-state index in [-0.39, 0.29) is 0 Å². The van der Waals surface area contributed by atoms with Crippen molar-refractivity contribution < 1.29 is 0 Å². The number of rotatable bonds is 4. The lowest BCUT2D eigenvalue weighted by Crippen LogP contribution is -1.94. The first-order valence-electron chi connectivity index (χ1n) is 4.40. The molecular formula is C12H19N. The molecule has 0 bridgehead atoms. The van der Waals surface area contributed by atoms with Gasteiger partial charge in [0.25, 0.3) is 0 Å². The molecule has 0 unspecified atom stereocenters. The van der Waals surface area contributed by atoms with E-state index < -0.39 is 0 Å². The summed E-state index contributed by atoms with van der Waals surface area (Å²) in [6, 6.07) is 0. The second-order valence-corrected chi connectivity index (χ2v) is 1.85. The molecule has 0 saturated carbocycles. The van der Waals surface area contributed by atoms with Crippen LogP contribution in [-0.2, 0) is 0 Å². The molecule has 0 saturated heterocycles.